The molecule has 0 amide bonds. The van der Waals surface area contributed by atoms with Gasteiger partial charge in [-0.05, 0) is 21.6 Å². The normalized spacial score (nSPS) is 10.9. The second kappa shape index (κ2) is 3.63. The highest BCUT2D eigenvalue weighted by atomic mass is 127. The van der Waals surface area contributed by atoms with Crippen molar-refractivity contribution in [3.63, 3.8) is 0 Å². The first-order valence-corrected chi connectivity index (χ1v) is 4.95. The molecule has 3 heteroatoms. The summed E-state index contributed by atoms with van der Waals surface area (Å²) in [7, 11) is 0. The fraction of sp³-hybridized carbons (Fsp3) is 0. The third-order valence-corrected chi connectivity index (χ3v) is 2.67. The summed E-state index contributed by atoms with van der Waals surface area (Å²) >= 11 is 8.14. The monoisotopic (exact) mass is 268 g/mol. The molecular formula is C6H5IS2. The number of thiophene rings is 1. The first-order valence-electron chi connectivity index (χ1n) is 2.38. The first kappa shape index (κ1) is 7.63. The fourth-order valence-corrected chi connectivity index (χ4v) is 2.19. The highest BCUT2D eigenvalue weighted by Crippen LogP contribution is 2.21. The van der Waals surface area contributed by atoms with Gasteiger partial charge in [-0.1, -0.05) is 22.6 Å². The molecule has 0 unspecified atom stereocenters. The van der Waals surface area contributed by atoms with Crippen molar-refractivity contribution in [2.75, 3.05) is 0 Å². The molecule has 0 radical (unpaired) electrons. The maximum absolute atomic E-state index is 4.24. The predicted molar refractivity (Wildman–Crippen MR) is 54.6 cm³/mol. The molecule has 0 aliphatic carbocycles. The van der Waals surface area contributed by atoms with Gasteiger partial charge < -0.3 is 0 Å². The summed E-state index contributed by atoms with van der Waals surface area (Å²) in [5, 5.41) is 2.04. The zero-order valence-electron chi connectivity index (χ0n) is 4.54. The third-order valence-electron chi connectivity index (χ3n) is 0.888. The van der Waals surface area contributed by atoms with Crippen LogP contribution in [0.3, 0.4) is 0 Å². The van der Waals surface area contributed by atoms with Crippen LogP contribution >= 0.6 is 46.6 Å². The van der Waals surface area contributed by atoms with Crippen LogP contribution in [0.5, 0.6) is 0 Å². The standard InChI is InChI=1S/C6H5IS2/c7-3-1-6-5(8)2-4-9-6/h1-4,8H/b3-1-. The van der Waals surface area contributed by atoms with Gasteiger partial charge in [0.05, 0.1) is 0 Å². The van der Waals surface area contributed by atoms with E-state index in [1.165, 1.54) is 4.88 Å². The van der Waals surface area contributed by atoms with Crippen LogP contribution in [0.15, 0.2) is 20.4 Å². The minimum Gasteiger partial charge on any atom is -0.143 e. The Balaban J connectivity index is 2.94. The summed E-state index contributed by atoms with van der Waals surface area (Å²) in [5.41, 5.74) is 0. The van der Waals surface area contributed by atoms with Crippen LogP contribution in [0.1, 0.15) is 4.88 Å². The highest BCUT2D eigenvalue weighted by Gasteiger charge is 1.92. The molecule has 1 heterocycles. The minimum atomic E-state index is 1.06. The Morgan fingerprint density at radius 2 is 2.44 bits per heavy atom. The lowest BCUT2D eigenvalue weighted by Gasteiger charge is -1.83. The Bertz CT molecular complexity index is 215. The summed E-state index contributed by atoms with van der Waals surface area (Å²) in [6.45, 7) is 0. The van der Waals surface area contributed by atoms with E-state index in [2.05, 4.69) is 35.2 Å². The van der Waals surface area contributed by atoms with Gasteiger partial charge in [0.25, 0.3) is 0 Å². The molecule has 0 bridgehead atoms. The van der Waals surface area contributed by atoms with E-state index in [0.717, 1.165) is 4.90 Å². The summed E-state index contributed by atoms with van der Waals surface area (Å²) in [4.78, 5) is 2.29. The number of rotatable bonds is 1. The average Bonchev–Trinajstić information content (AvgIpc) is 2.18. The van der Waals surface area contributed by atoms with E-state index < -0.39 is 0 Å². The average molecular weight is 268 g/mol. The van der Waals surface area contributed by atoms with Crippen molar-refractivity contribution in [3.05, 3.63) is 20.4 Å². The molecule has 0 aliphatic heterocycles. The smallest absolute Gasteiger partial charge is 0.0408 e. The lowest BCUT2D eigenvalue weighted by atomic mass is 10.5. The molecule has 1 rings (SSSR count). The van der Waals surface area contributed by atoms with E-state index in [1.807, 2.05) is 21.6 Å². The van der Waals surface area contributed by atoms with Gasteiger partial charge in [-0.2, -0.15) is 0 Å². The van der Waals surface area contributed by atoms with Crippen molar-refractivity contribution in [1.82, 2.24) is 0 Å². The molecule has 0 saturated heterocycles. The van der Waals surface area contributed by atoms with Gasteiger partial charge in [-0.3, -0.25) is 0 Å². The third kappa shape index (κ3) is 1.98. The van der Waals surface area contributed by atoms with Crippen LogP contribution in [-0.2, 0) is 0 Å². The maximum Gasteiger partial charge on any atom is 0.0408 e. The molecule has 0 fully saturated rings. The Morgan fingerprint density at radius 1 is 1.67 bits per heavy atom. The molecule has 48 valence electrons. The molecule has 1 aromatic heterocycles. The van der Waals surface area contributed by atoms with E-state index >= 15 is 0 Å². The number of thiol groups is 1. The zero-order valence-corrected chi connectivity index (χ0v) is 8.41. The van der Waals surface area contributed by atoms with Crippen molar-refractivity contribution in [3.8, 4) is 0 Å². The molecule has 0 nitrogen and oxygen atoms in total. The lowest BCUT2D eigenvalue weighted by molar-refractivity contribution is 1.58. The van der Waals surface area contributed by atoms with Gasteiger partial charge in [-0.25, -0.2) is 0 Å². The molecule has 0 saturated carbocycles. The Hall–Kier alpha value is 0.520. The van der Waals surface area contributed by atoms with Gasteiger partial charge in [-0.15, -0.1) is 24.0 Å². The lowest BCUT2D eigenvalue weighted by Crippen LogP contribution is -1.57. The van der Waals surface area contributed by atoms with E-state index in [9.17, 15) is 0 Å². The van der Waals surface area contributed by atoms with Crippen molar-refractivity contribution in [2.45, 2.75) is 4.90 Å². The molecule has 1 aromatic rings. The van der Waals surface area contributed by atoms with Crippen LogP contribution in [0.4, 0.5) is 0 Å². The highest BCUT2D eigenvalue weighted by molar-refractivity contribution is 14.1. The predicted octanol–water partition coefficient (Wildman–Crippen LogP) is 3.44. The van der Waals surface area contributed by atoms with Crippen LogP contribution in [0.25, 0.3) is 6.08 Å². The molecular weight excluding hydrogens is 263 g/mol. The van der Waals surface area contributed by atoms with Gasteiger partial charge in [0.15, 0.2) is 0 Å². The summed E-state index contributed by atoms with van der Waals surface area (Å²) in [6.07, 6.45) is 2.05. The van der Waals surface area contributed by atoms with Crippen LogP contribution < -0.4 is 0 Å². The van der Waals surface area contributed by atoms with Gasteiger partial charge in [0, 0.05) is 9.77 Å². The van der Waals surface area contributed by atoms with E-state index in [0.29, 0.717) is 0 Å². The Labute approximate surface area is 77.5 Å². The van der Waals surface area contributed by atoms with E-state index in [-0.39, 0.29) is 0 Å². The molecule has 0 spiro atoms. The van der Waals surface area contributed by atoms with Gasteiger partial charge in [0.2, 0.25) is 0 Å². The Morgan fingerprint density at radius 3 is 2.89 bits per heavy atom. The second-order valence-corrected chi connectivity index (χ2v) is 3.61. The van der Waals surface area contributed by atoms with Crippen molar-refractivity contribution in [1.29, 1.82) is 0 Å². The van der Waals surface area contributed by atoms with Crippen molar-refractivity contribution >= 4 is 52.6 Å². The van der Waals surface area contributed by atoms with Crippen molar-refractivity contribution in [2.24, 2.45) is 0 Å². The summed E-state index contributed by atoms with van der Waals surface area (Å²) in [5.74, 6) is 0. The fourth-order valence-electron chi connectivity index (χ4n) is 0.496. The number of halogens is 1. The van der Waals surface area contributed by atoms with Gasteiger partial charge >= 0.3 is 0 Å². The molecule has 9 heavy (non-hydrogen) atoms. The molecule has 0 atom stereocenters. The van der Waals surface area contributed by atoms with E-state index in [4.69, 9.17) is 0 Å². The topological polar surface area (TPSA) is 0 Å². The maximum atomic E-state index is 4.24. The molecule has 0 aromatic carbocycles. The minimum absolute atomic E-state index is 1.06. The number of hydrogen-bond acceptors (Lipinski definition) is 2. The number of hydrogen-bond donors (Lipinski definition) is 1. The first-order chi connectivity index (χ1) is 4.34. The van der Waals surface area contributed by atoms with Crippen LogP contribution in [-0.4, -0.2) is 0 Å². The van der Waals surface area contributed by atoms with E-state index in [1.54, 1.807) is 11.3 Å². The second-order valence-electron chi connectivity index (χ2n) is 1.46. The summed E-state index contributed by atoms with van der Waals surface area (Å²) in [6, 6.07) is 2.00. The molecule has 0 aliphatic rings. The SMILES string of the molecule is Sc1ccsc1/C=C\I. The summed E-state index contributed by atoms with van der Waals surface area (Å²) < 4.78 is 1.99. The van der Waals surface area contributed by atoms with Crippen LogP contribution in [0.2, 0.25) is 0 Å². The van der Waals surface area contributed by atoms with Crippen LogP contribution in [0, 0.1) is 0 Å². The Kier molecular flexibility index (Phi) is 3.08. The molecule has 0 N–H and O–H groups in total. The largest absolute Gasteiger partial charge is 0.143 e. The zero-order chi connectivity index (χ0) is 6.69. The van der Waals surface area contributed by atoms with Crippen molar-refractivity contribution < 1.29 is 0 Å². The quantitative estimate of drug-likeness (QED) is 0.585. The van der Waals surface area contributed by atoms with Gasteiger partial charge in [0.1, 0.15) is 0 Å².